The van der Waals surface area contributed by atoms with Gasteiger partial charge in [-0.15, -0.1) is 0 Å². The van der Waals surface area contributed by atoms with E-state index in [2.05, 4.69) is 20.9 Å². The second-order valence-electron chi connectivity index (χ2n) is 4.46. The molecule has 0 amide bonds. The lowest BCUT2D eigenvalue weighted by Crippen LogP contribution is -1.76. The maximum absolute atomic E-state index is 13.5. The van der Waals surface area contributed by atoms with Gasteiger partial charge in [0.05, 0.1) is 4.47 Å². The molecule has 0 saturated carbocycles. The molecule has 3 rings (SSSR count). The SMILES string of the molecule is Fc1cc2cc(C=Cc3ccc(Cl)cc3)[nH]c2cc1Br. The predicted octanol–water partition coefficient (Wildman–Crippen LogP) is 5.89. The molecule has 2 aromatic carbocycles. The van der Waals surface area contributed by atoms with Gasteiger partial charge in [0, 0.05) is 21.6 Å². The summed E-state index contributed by atoms with van der Waals surface area (Å²) < 4.78 is 13.9. The Hall–Kier alpha value is -1.58. The lowest BCUT2D eigenvalue weighted by atomic mass is 10.2. The first-order valence-corrected chi connectivity index (χ1v) is 7.20. The average Bonchev–Trinajstić information content (AvgIpc) is 2.80. The van der Waals surface area contributed by atoms with Gasteiger partial charge in [0.2, 0.25) is 0 Å². The third-order valence-electron chi connectivity index (χ3n) is 3.01. The van der Waals surface area contributed by atoms with E-state index in [0.717, 1.165) is 22.2 Å². The molecule has 0 saturated heterocycles. The Kier molecular flexibility index (Phi) is 3.64. The fourth-order valence-corrected chi connectivity index (χ4v) is 2.47. The van der Waals surface area contributed by atoms with Gasteiger partial charge in [-0.2, -0.15) is 0 Å². The monoisotopic (exact) mass is 349 g/mol. The average molecular weight is 351 g/mol. The highest BCUT2D eigenvalue weighted by atomic mass is 79.9. The number of benzene rings is 2. The van der Waals surface area contributed by atoms with E-state index in [0.29, 0.717) is 9.50 Å². The zero-order valence-electron chi connectivity index (χ0n) is 10.3. The number of aromatic amines is 1. The number of nitrogens with one attached hydrogen (secondary N) is 1. The van der Waals surface area contributed by atoms with Crippen molar-refractivity contribution >= 4 is 50.6 Å². The van der Waals surface area contributed by atoms with Crippen molar-refractivity contribution in [3.05, 3.63) is 69.0 Å². The Labute approximate surface area is 129 Å². The normalized spacial score (nSPS) is 11.6. The molecule has 0 aliphatic carbocycles. The first kappa shape index (κ1) is 13.4. The molecule has 0 bridgehead atoms. The summed E-state index contributed by atoms with van der Waals surface area (Å²) in [5, 5.41) is 1.56. The number of hydrogen-bond donors (Lipinski definition) is 1. The Morgan fingerprint density at radius 2 is 1.80 bits per heavy atom. The Balaban J connectivity index is 1.92. The van der Waals surface area contributed by atoms with E-state index in [9.17, 15) is 4.39 Å². The van der Waals surface area contributed by atoms with Crippen molar-refractivity contribution in [2.24, 2.45) is 0 Å². The number of rotatable bonds is 2. The lowest BCUT2D eigenvalue weighted by molar-refractivity contribution is 0.623. The van der Waals surface area contributed by atoms with Gasteiger partial charge in [-0.1, -0.05) is 29.8 Å². The fraction of sp³-hybridized carbons (Fsp3) is 0. The molecule has 20 heavy (non-hydrogen) atoms. The fourth-order valence-electron chi connectivity index (χ4n) is 2.00. The minimum Gasteiger partial charge on any atom is -0.355 e. The highest BCUT2D eigenvalue weighted by Gasteiger charge is 2.04. The van der Waals surface area contributed by atoms with Gasteiger partial charge in [-0.3, -0.25) is 0 Å². The van der Waals surface area contributed by atoms with E-state index in [-0.39, 0.29) is 5.82 Å². The molecular formula is C16H10BrClFN. The summed E-state index contributed by atoms with van der Waals surface area (Å²) >= 11 is 9.02. The third-order valence-corrected chi connectivity index (χ3v) is 3.87. The van der Waals surface area contributed by atoms with Crippen molar-refractivity contribution in [1.29, 1.82) is 0 Å². The van der Waals surface area contributed by atoms with Crippen molar-refractivity contribution < 1.29 is 4.39 Å². The molecule has 0 unspecified atom stereocenters. The van der Waals surface area contributed by atoms with Crippen LogP contribution in [0.1, 0.15) is 11.3 Å². The van der Waals surface area contributed by atoms with Gasteiger partial charge < -0.3 is 4.98 Å². The molecule has 100 valence electrons. The first-order valence-electron chi connectivity index (χ1n) is 6.03. The molecule has 3 aromatic rings. The highest BCUT2D eigenvalue weighted by molar-refractivity contribution is 9.10. The van der Waals surface area contributed by atoms with Crippen molar-refractivity contribution in [2.45, 2.75) is 0 Å². The number of H-pyrrole nitrogens is 1. The van der Waals surface area contributed by atoms with E-state index in [1.807, 2.05) is 42.5 Å². The lowest BCUT2D eigenvalue weighted by Gasteiger charge is -1.93. The van der Waals surface area contributed by atoms with Gasteiger partial charge in [-0.05, 0) is 57.9 Å². The van der Waals surface area contributed by atoms with Crippen molar-refractivity contribution in [1.82, 2.24) is 4.98 Å². The molecular weight excluding hydrogens is 341 g/mol. The molecule has 4 heteroatoms. The second-order valence-corrected chi connectivity index (χ2v) is 5.75. The Bertz CT molecular complexity index is 751. The standard InChI is InChI=1S/C16H10BrClFN/c17-14-9-16-11(8-15(14)19)7-13(20-16)6-3-10-1-4-12(18)5-2-10/h1-9,20H. The molecule has 0 atom stereocenters. The van der Waals surface area contributed by atoms with Crippen LogP contribution in [0.4, 0.5) is 4.39 Å². The molecule has 0 aliphatic rings. The van der Waals surface area contributed by atoms with E-state index in [1.165, 1.54) is 6.07 Å². The van der Waals surface area contributed by atoms with Gasteiger partial charge in [-0.25, -0.2) is 4.39 Å². The summed E-state index contributed by atoms with van der Waals surface area (Å²) in [4.78, 5) is 3.24. The van der Waals surface area contributed by atoms with E-state index < -0.39 is 0 Å². The summed E-state index contributed by atoms with van der Waals surface area (Å²) in [7, 11) is 0. The Morgan fingerprint density at radius 1 is 1.05 bits per heavy atom. The maximum Gasteiger partial charge on any atom is 0.138 e. The third kappa shape index (κ3) is 2.79. The number of hydrogen-bond acceptors (Lipinski definition) is 0. The first-order chi connectivity index (χ1) is 9.61. The van der Waals surface area contributed by atoms with Crippen LogP contribution < -0.4 is 0 Å². The minimum atomic E-state index is -0.260. The largest absolute Gasteiger partial charge is 0.355 e. The molecule has 0 aliphatic heterocycles. The zero-order chi connectivity index (χ0) is 14.1. The van der Waals surface area contributed by atoms with Crippen LogP contribution in [0.25, 0.3) is 23.1 Å². The summed E-state index contributed by atoms with van der Waals surface area (Å²) in [6.45, 7) is 0. The molecule has 1 aromatic heterocycles. The van der Waals surface area contributed by atoms with Gasteiger partial charge in [0.25, 0.3) is 0 Å². The summed E-state index contributed by atoms with van der Waals surface area (Å²) in [5.74, 6) is -0.260. The topological polar surface area (TPSA) is 15.8 Å². The molecule has 1 heterocycles. The quantitative estimate of drug-likeness (QED) is 0.593. The van der Waals surface area contributed by atoms with Crippen LogP contribution >= 0.6 is 27.5 Å². The van der Waals surface area contributed by atoms with Crippen LogP contribution in [-0.2, 0) is 0 Å². The molecule has 0 spiro atoms. The van der Waals surface area contributed by atoms with Crippen molar-refractivity contribution in [3.8, 4) is 0 Å². The number of fused-ring (bicyclic) bond motifs is 1. The molecule has 1 N–H and O–H groups in total. The van der Waals surface area contributed by atoms with E-state index in [4.69, 9.17) is 11.6 Å². The van der Waals surface area contributed by atoms with Gasteiger partial charge in [0.15, 0.2) is 0 Å². The summed E-state index contributed by atoms with van der Waals surface area (Å²) in [5.41, 5.74) is 2.88. The van der Waals surface area contributed by atoms with Crippen molar-refractivity contribution in [3.63, 3.8) is 0 Å². The summed E-state index contributed by atoms with van der Waals surface area (Å²) in [6.07, 6.45) is 3.93. The minimum absolute atomic E-state index is 0.260. The van der Waals surface area contributed by atoms with Crippen LogP contribution in [0.15, 0.2) is 46.9 Å². The van der Waals surface area contributed by atoms with Gasteiger partial charge in [0.1, 0.15) is 5.82 Å². The molecule has 0 radical (unpaired) electrons. The van der Waals surface area contributed by atoms with Crippen LogP contribution in [0.2, 0.25) is 5.02 Å². The highest BCUT2D eigenvalue weighted by Crippen LogP contribution is 2.24. The van der Waals surface area contributed by atoms with Crippen molar-refractivity contribution in [2.75, 3.05) is 0 Å². The maximum atomic E-state index is 13.5. The van der Waals surface area contributed by atoms with Crippen LogP contribution in [-0.4, -0.2) is 4.98 Å². The second kappa shape index (κ2) is 5.43. The molecule has 0 fully saturated rings. The predicted molar refractivity (Wildman–Crippen MR) is 86.3 cm³/mol. The Morgan fingerprint density at radius 3 is 2.55 bits per heavy atom. The number of halogens is 3. The smallest absolute Gasteiger partial charge is 0.138 e. The zero-order valence-corrected chi connectivity index (χ0v) is 12.7. The van der Waals surface area contributed by atoms with Gasteiger partial charge >= 0.3 is 0 Å². The number of aromatic nitrogens is 1. The summed E-state index contributed by atoms with van der Waals surface area (Å²) in [6, 6.07) is 12.7. The van der Waals surface area contributed by atoms with E-state index >= 15 is 0 Å². The van der Waals surface area contributed by atoms with Crippen LogP contribution in [0.5, 0.6) is 0 Å². The van der Waals surface area contributed by atoms with Crippen LogP contribution in [0, 0.1) is 5.82 Å². The van der Waals surface area contributed by atoms with E-state index in [1.54, 1.807) is 6.07 Å². The molecule has 1 nitrogen and oxygen atoms in total. The van der Waals surface area contributed by atoms with Crippen LogP contribution in [0.3, 0.4) is 0 Å².